The average molecular weight is 196 g/mol. The third-order valence-corrected chi connectivity index (χ3v) is 1.93. The fraction of sp³-hybridized carbons (Fsp3) is 0.583. The highest BCUT2D eigenvalue weighted by molar-refractivity contribution is 5.81. The number of hydrogen-bond donors (Lipinski definition) is 0. The zero-order valence-electron chi connectivity index (χ0n) is 9.38. The summed E-state index contributed by atoms with van der Waals surface area (Å²) in [5.41, 5.74) is 1.14. The summed E-state index contributed by atoms with van der Waals surface area (Å²) < 4.78 is 4.79. The van der Waals surface area contributed by atoms with Crippen LogP contribution in [0.2, 0.25) is 0 Å². The molecule has 0 fully saturated rings. The van der Waals surface area contributed by atoms with Crippen molar-refractivity contribution >= 4 is 5.97 Å². The van der Waals surface area contributed by atoms with Crippen LogP contribution in [-0.2, 0) is 9.53 Å². The minimum absolute atomic E-state index is 0.257. The molecule has 0 spiro atoms. The first-order chi connectivity index (χ1) is 6.60. The van der Waals surface area contributed by atoms with Gasteiger partial charge in [-0.3, -0.25) is 0 Å². The molecule has 0 bridgehead atoms. The van der Waals surface area contributed by atoms with Crippen LogP contribution in [0.25, 0.3) is 0 Å². The highest BCUT2D eigenvalue weighted by Crippen LogP contribution is 2.14. The van der Waals surface area contributed by atoms with E-state index >= 15 is 0 Å². The summed E-state index contributed by atoms with van der Waals surface area (Å²) in [5.74, 6) is 0.143. The van der Waals surface area contributed by atoms with Gasteiger partial charge in [0.2, 0.25) is 0 Å². The summed E-state index contributed by atoms with van der Waals surface area (Å²) in [6.07, 6.45) is 5.38. The van der Waals surface area contributed by atoms with Gasteiger partial charge < -0.3 is 4.74 Å². The average Bonchev–Trinajstić information content (AvgIpc) is 2.12. The van der Waals surface area contributed by atoms with Crippen molar-refractivity contribution in [2.45, 2.75) is 33.6 Å². The first kappa shape index (κ1) is 12.9. The van der Waals surface area contributed by atoms with E-state index in [1.54, 1.807) is 6.92 Å². The second kappa shape index (κ2) is 7.36. The fourth-order valence-corrected chi connectivity index (χ4v) is 1.20. The Bertz CT molecular complexity index is 216. The van der Waals surface area contributed by atoms with Gasteiger partial charge in [-0.2, -0.15) is 0 Å². The van der Waals surface area contributed by atoms with Gasteiger partial charge in [-0.25, -0.2) is 4.79 Å². The minimum Gasteiger partial charge on any atom is -0.463 e. The molecule has 0 N–H and O–H groups in total. The number of carbonyl (C=O) groups is 1. The first-order valence-corrected chi connectivity index (χ1v) is 5.09. The second-order valence-electron chi connectivity index (χ2n) is 3.44. The Balaban J connectivity index is 4.03. The van der Waals surface area contributed by atoms with Crippen molar-refractivity contribution in [2.75, 3.05) is 6.61 Å². The van der Waals surface area contributed by atoms with Crippen LogP contribution in [0.3, 0.4) is 0 Å². The summed E-state index contributed by atoms with van der Waals surface area (Å²) >= 11 is 0. The van der Waals surface area contributed by atoms with Gasteiger partial charge in [-0.1, -0.05) is 18.6 Å². The third kappa shape index (κ3) is 6.46. The van der Waals surface area contributed by atoms with Crippen molar-refractivity contribution in [3.63, 3.8) is 0 Å². The molecule has 80 valence electrons. The highest BCUT2D eigenvalue weighted by atomic mass is 16.5. The van der Waals surface area contributed by atoms with Crippen LogP contribution in [0.1, 0.15) is 33.6 Å². The van der Waals surface area contributed by atoms with E-state index in [-0.39, 0.29) is 5.97 Å². The van der Waals surface area contributed by atoms with Crippen molar-refractivity contribution < 1.29 is 9.53 Å². The third-order valence-electron chi connectivity index (χ3n) is 1.93. The van der Waals surface area contributed by atoms with Crippen molar-refractivity contribution in [1.29, 1.82) is 0 Å². The predicted octanol–water partition coefficient (Wildman–Crippen LogP) is 3.10. The molecular formula is C12H20O2. The number of allylic oxidation sites excluding steroid dienone is 2. The van der Waals surface area contributed by atoms with E-state index in [9.17, 15) is 4.79 Å². The van der Waals surface area contributed by atoms with Gasteiger partial charge in [-0.05, 0) is 32.6 Å². The zero-order chi connectivity index (χ0) is 11.0. The molecular weight excluding hydrogens is 176 g/mol. The smallest absolute Gasteiger partial charge is 0.330 e. The van der Waals surface area contributed by atoms with E-state index in [4.69, 9.17) is 4.74 Å². The van der Waals surface area contributed by atoms with E-state index in [0.29, 0.717) is 12.5 Å². The minimum atomic E-state index is -0.257. The summed E-state index contributed by atoms with van der Waals surface area (Å²) in [5, 5.41) is 0. The molecule has 0 aliphatic carbocycles. The van der Waals surface area contributed by atoms with Crippen molar-refractivity contribution in [3.05, 3.63) is 24.3 Å². The largest absolute Gasteiger partial charge is 0.463 e. The first-order valence-electron chi connectivity index (χ1n) is 5.09. The molecule has 0 rings (SSSR count). The van der Waals surface area contributed by atoms with Gasteiger partial charge in [0.25, 0.3) is 0 Å². The van der Waals surface area contributed by atoms with Gasteiger partial charge in [0.05, 0.1) is 6.61 Å². The number of carbonyl (C=O) groups excluding carboxylic acids is 1. The molecule has 0 unspecified atom stereocenters. The molecule has 0 amide bonds. The molecule has 0 saturated heterocycles. The van der Waals surface area contributed by atoms with E-state index < -0.39 is 0 Å². The number of hydrogen-bond acceptors (Lipinski definition) is 2. The lowest BCUT2D eigenvalue weighted by Crippen LogP contribution is -2.01. The molecule has 14 heavy (non-hydrogen) atoms. The van der Waals surface area contributed by atoms with Gasteiger partial charge in [0.1, 0.15) is 0 Å². The lowest BCUT2D eigenvalue weighted by molar-refractivity contribution is -0.137. The lowest BCUT2D eigenvalue weighted by Gasteiger charge is -2.08. The van der Waals surface area contributed by atoms with Gasteiger partial charge >= 0.3 is 5.97 Å². The van der Waals surface area contributed by atoms with E-state index in [1.807, 2.05) is 13.0 Å². The molecule has 0 aliphatic rings. The normalized spacial score (nSPS) is 12.8. The SMILES string of the molecule is C=C(C)C[C@H](/C=C/C(=O)OCC)CC. The summed E-state index contributed by atoms with van der Waals surface area (Å²) in [6, 6.07) is 0. The molecule has 0 heterocycles. The fourth-order valence-electron chi connectivity index (χ4n) is 1.20. The van der Waals surface area contributed by atoms with Gasteiger partial charge in [0, 0.05) is 6.08 Å². The quantitative estimate of drug-likeness (QED) is 0.370. The highest BCUT2D eigenvalue weighted by Gasteiger charge is 2.03. The molecule has 0 saturated carbocycles. The Hall–Kier alpha value is -1.05. The lowest BCUT2D eigenvalue weighted by atomic mass is 9.98. The molecule has 2 heteroatoms. The van der Waals surface area contributed by atoms with Crippen LogP contribution in [0.15, 0.2) is 24.3 Å². The Morgan fingerprint density at radius 2 is 2.14 bits per heavy atom. The van der Waals surface area contributed by atoms with Crippen molar-refractivity contribution in [1.82, 2.24) is 0 Å². The molecule has 1 atom stereocenters. The molecule has 0 aromatic rings. The van der Waals surface area contributed by atoms with Gasteiger partial charge in [0.15, 0.2) is 0 Å². The molecule has 2 nitrogen and oxygen atoms in total. The topological polar surface area (TPSA) is 26.3 Å². The Labute approximate surface area is 86.6 Å². The maximum Gasteiger partial charge on any atom is 0.330 e. The van der Waals surface area contributed by atoms with E-state index in [0.717, 1.165) is 18.4 Å². The number of esters is 1. The maximum absolute atomic E-state index is 11.0. The standard InChI is InChI=1S/C12H20O2/c1-5-11(9-10(3)4)7-8-12(13)14-6-2/h7-8,11H,3,5-6,9H2,1-2,4H3/b8-7+/t11-/m0/s1. The zero-order valence-corrected chi connectivity index (χ0v) is 9.38. The van der Waals surface area contributed by atoms with Crippen molar-refractivity contribution in [3.8, 4) is 0 Å². The van der Waals surface area contributed by atoms with Crippen molar-refractivity contribution in [2.24, 2.45) is 5.92 Å². The van der Waals surface area contributed by atoms with Crippen LogP contribution in [-0.4, -0.2) is 12.6 Å². The monoisotopic (exact) mass is 196 g/mol. The molecule has 0 aromatic carbocycles. The van der Waals surface area contributed by atoms with Gasteiger partial charge in [-0.15, -0.1) is 6.58 Å². The van der Waals surface area contributed by atoms with Crippen LogP contribution in [0.5, 0.6) is 0 Å². The van der Waals surface area contributed by atoms with E-state index in [2.05, 4.69) is 13.5 Å². The Kier molecular flexibility index (Phi) is 6.81. The molecule has 0 aromatic heterocycles. The van der Waals surface area contributed by atoms with Crippen LogP contribution < -0.4 is 0 Å². The predicted molar refractivity (Wildman–Crippen MR) is 59.0 cm³/mol. The Morgan fingerprint density at radius 1 is 1.50 bits per heavy atom. The van der Waals surface area contributed by atoms with E-state index in [1.165, 1.54) is 6.08 Å². The van der Waals surface area contributed by atoms with Crippen LogP contribution >= 0.6 is 0 Å². The Morgan fingerprint density at radius 3 is 2.57 bits per heavy atom. The number of rotatable bonds is 6. The maximum atomic E-state index is 11.0. The molecule has 0 radical (unpaired) electrons. The summed E-state index contributed by atoms with van der Waals surface area (Å²) in [4.78, 5) is 11.0. The van der Waals surface area contributed by atoms with Crippen LogP contribution in [0.4, 0.5) is 0 Å². The molecule has 0 aliphatic heterocycles. The summed E-state index contributed by atoms with van der Waals surface area (Å²) in [7, 11) is 0. The number of ether oxygens (including phenoxy) is 1. The summed E-state index contributed by atoms with van der Waals surface area (Å²) in [6.45, 7) is 10.2. The second-order valence-corrected chi connectivity index (χ2v) is 3.44. The van der Waals surface area contributed by atoms with Crippen LogP contribution in [0, 0.1) is 5.92 Å².